The Morgan fingerprint density at radius 1 is 1.62 bits per heavy atom. The molecule has 3 nitrogen and oxygen atoms in total. The van der Waals surface area contributed by atoms with E-state index in [9.17, 15) is 0 Å². The predicted molar refractivity (Wildman–Crippen MR) is 52.9 cm³/mol. The Morgan fingerprint density at radius 2 is 2.46 bits per heavy atom. The molecule has 0 N–H and O–H groups in total. The van der Waals surface area contributed by atoms with Crippen molar-refractivity contribution in [3.05, 3.63) is 16.1 Å². The minimum absolute atomic E-state index is 0.516. The highest BCUT2D eigenvalue weighted by molar-refractivity contribution is 7.11. The quantitative estimate of drug-likeness (QED) is 0.696. The second-order valence-electron chi connectivity index (χ2n) is 3.15. The highest BCUT2D eigenvalue weighted by Gasteiger charge is 2.10. The van der Waals surface area contributed by atoms with E-state index in [1.165, 1.54) is 17.0 Å². The molecule has 0 radical (unpaired) electrons. The number of hydrogen-bond donors (Lipinski definition) is 0. The number of hydrogen-bond acceptors (Lipinski definition) is 4. The summed E-state index contributed by atoms with van der Waals surface area (Å²) in [6.07, 6.45) is 5.34. The Morgan fingerprint density at radius 3 is 3.00 bits per heavy atom. The Kier molecular flexibility index (Phi) is 2.59. The molecule has 1 aliphatic rings. The Labute approximate surface area is 81.4 Å². The third-order valence-corrected chi connectivity index (χ3v) is 2.87. The normalized spacial score (nSPS) is 15.3. The van der Waals surface area contributed by atoms with Crippen molar-refractivity contribution in [2.24, 2.45) is 5.16 Å². The lowest BCUT2D eigenvalue weighted by Gasteiger charge is -2.12. The molecule has 70 valence electrons. The summed E-state index contributed by atoms with van der Waals surface area (Å²) in [6, 6.07) is 0. The molecule has 0 aliphatic heterocycles. The molecule has 4 heteroatoms. The van der Waals surface area contributed by atoms with Gasteiger partial charge in [-0.3, -0.25) is 0 Å². The molecule has 1 aromatic rings. The van der Waals surface area contributed by atoms with Crippen molar-refractivity contribution < 1.29 is 4.84 Å². The van der Waals surface area contributed by atoms with Crippen molar-refractivity contribution in [1.82, 2.24) is 4.98 Å². The lowest BCUT2D eigenvalue weighted by Crippen LogP contribution is -2.09. The average molecular weight is 196 g/mol. The zero-order chi connectivity index (χ0) is 9.10. The number of thiazole rings is 1. The Hall–Kier alpha value is -0.900. The zero-order valence-electron chi connectivity index (χ0n) is 7.62. The standard InChI is InChI=1S/C9H12N2OS/c1-7-5-10-9(13-7)6-12-11-8-3-2-4-8/h5H,2-4,6H2,1H3. The molecule has 1 aromatic heterocycles. The van der Waals surface area contributed by atoms with Crippen LogP contribution in [0.1, 0.15) is 29.1 Å². The third-order valence-electron chi connectivity index (χ3n) is 1.98. The van der Waals surface area contributed by atoms with Gasteiger partial charge in [-0.2, -0.15) is 0 Å². The van der Waals surface area contributed by atoms with Gasteiger partial charge in [-0.15, -0.1) is 11.3 Å². The summed E-state index contributed by atoms with van der Waals surface area (Å²) >= 11 is 1.66. The minimum Gasteiger partial charge on any atom is -0.388 e. The first-order chi connectivity index (χ1) is 6.34. The van der Waals surface area contributed by atoms with Crippen LogP contribution in [0.3, 0.4) is 0 Å². The molecule has 0 spiro atoms. The van der Waals surface area contributed by atoms with Gasteiger partial charge >= 0.3 is 0 Å². The van der Waals surface area contributed by atoms with Gasteiger partial charge in [0.2, 0.25) is 0 Å². The van der Waals surface area contributed by atoms with E-state index in [4.69, 9.17) is 4.84 Å². The average Bonchev–Trinajstić information content (AvgIpc) is 2.42. The van der Waals surface area contributed by atoms with E-state index in [1.54, 1.807) is 11.3 Å². The van der Waals surface area contributed by atoms with Crippen LogP contribution < -0.4 is 0 Å². The van der Waals surface area contributed by atoms with Gasteiger partial charge in [0.15, 0.2) is 6.61 Å². The summed E-state index contributed by atoms with van der Waals surface area (Å²) in [7, 11) is 0. The van der Waals surface area contributed by atoms with Gasteiger partial charge in [0.25, 0.3) is 0 Å². The monoisotopic (exact) mass is 196 g/mol. The van der Waals surface area contributed by atoms with E-state index in [2.05, 4.69) is 10.1 Å². The lowest BCUT2D eigenvalue weighted by molar-refractivity contribution is 0.127. The number of rotatable bonds is 3. The summed E-state index contributed by atoms with van der Waals surface area (Å²) in [6.45, 7) is 2.56. The molecule has 0 unspecified atom stereocenters. The topological polar surface area (TPSA) is 34.5 Å². The van der Waals surface area contributed by atoms with Crippen molar-refractivity contribution in [3.63, 3.8) is 0 Å². The van der Waals surface area contributed by atoms with Gasteiger partial charge in [-0.1, -0.05) is 5.16 Å². The maximum absolute atomic E-state index is 5.17. The molecule has 1 saturated carbocycles. The van der Waals surface area contributed by atoms with Crippen LogP contribution >= 0.6 is 11.3 Å². The van der Waals surface area contributed by atoms with Crippen LogP contribution in [0.4, 0.5) is 0 Å². The van der Waals surface area contributed by atoms with E-state index in [0.29, 0.717) is 6.61 Å². The van der Waals surface area contributed by atoms with Gasteiger partial charge in [-0.05, 0) is 26.2 Å². The second-order valence-corrected chi connectivity index (χ2v) is 4.47. The summed E-state index contributed by atoms with van der Waals surface area (Å²) in [5, 5.41) is 5.02. The van der Waals surface area contributed by atoms with Crippen LogP contribution in [0.15, 0.2) is 11.4 Å². The number of nitrogens with zero attached hydrogens (tertiary/aromatic N) is 2. The first-order valence-corrected chi connectivity index (χ1v) is 5.25. The number of oxime groups is 1. The fourth-order valence-electron chi connectivity index (χ4n) is 1.07. The van der Waals surface area contributed by atoms with Crippen LogP contribution in [0.5, 0.6) is 0 Å². The Balaban J connectivity index is 1.79. The van der Waals surface area contributed by atoms with Gasteiger partial charge in [0.05, 0.1) is 5.71 Å². The van der Waals surface area contributed by atoms with Crippen molar-refractivity contribution in [3.8, 4) is 0 Å². The lowest BCUT2D eigenvalue weighted by atomic mass is 9.98. The fraction of sp³-hybridized carbons (Fsp3) is 0.556. The molecule has 0 amide bonds. The molecule has 0 bridgehead atoms. The first kappa shape index (κ1) is 8.69. The highest BCUT2D eigenvalue weighted by atomic mass is 32.1. The van der Waals surface area contributed by atoms with Crippen molar-refractivity contribution in [1.29, 1.82) is 0 Å². The molecule has 0 atom stereocenters. The van der Waals surface area contributed by atoms with E-state index in [0.717, 1.165) is 17.8 Å². The van der Waals surface area contributed by atoms with Crippen LogP contribution in [0.25, 0.3) is 0 Å². The predicted octanol–water partition coefficient (Wildman–Crippen LogP) is 2.51. The minimum atomic E-state index is 0.516. The molecule has 0 saturated heterocycles. The van der Waals surface area contributed by atoms with E-state index >= 15 is 0 Å². The Bertz CT molecular complexity index is 313. The zero-order valence-corrected chi connectivity index (χ0v) is 8.43. The van der Waals surface area contributed by atoms with Crippen LogP contribution in [-0.2, 0) is 11.4 Å². The van der Waals surface area contributed by atoms with Crippen LogP contribution in [0, 0.1) is 6.92 Å². The SMILES string of the molecule is Cc1cnc(CON=C2CCC2)s1. The summed E-state index contributed by atoms with van der Waals surface area (Å²) in [5.74, 6) is 0. The maximum atomic E-state index is 5.17. The largest absolute Gasteiger partial charge is 0.388 e. The molecule has 13 heavy (non-hydrogen) atoms. The molecule has 1 fully saturated rings. The third kappa shape index (κ3) is 2.28. The second kappa shape index (κ2) is 3.87. The highest BCUT2D eigenvalue weighted by Crippen LogP contribution is 2.16. The molecular formula is C9H12N2OS. The van der Waals surface area contributed by atoms with Gasteiger partial charge in [0, 0.05) is 11.1 Å². The molecule has 2 rings (SSSR count). The molecule has 1 heterocycles. The summed E-state index contributed by atoms with van der Waals surface area (Å²) in [4.78, 5) is 10.6. The van der Waals surface area contributed by atoms with E-state index < -0.39 is 0 Å². The van der Waals surface area contributed by atoms with E-state index in [-0.39, 0.29) is 0 Å². The summed E-state index contributed by atoms with van der Waals surface area (Å²) in [5.41, 5.74) is 1.19. The number of aromatic nitrogens is 1. The van der Waals surface area contributed by atoms with Crippen molar-refractivity contribution in [2.75, 3.05) is 0 Å². The van der Waals surface area contributed by atoms with Crippen LogP contribution in [-0.4, -0.2) is 10.7 Å². The van der Waals surface area contributed by atoms with Gasteiger partial charge in [-0.25, -0.2) is 4.98 Å². The number of aryl methyl sites for hydroxylation is 1. The summed E-state index contributed by atoms with van der Waals surface area (Å²) < 4.78 is 0. The van der Waals surface area contributed by atoms with Gasteiger partial charge in [0.1, 0.15) is 5.01 Å². The van der Waals surface area contributed by atoms with E-state index in [1.807, 2.05) is 13.1 Å². The fourth-order valence-corrected chi connectivity index (χ4v) is 1.77. The van der Waals surface area contributed by atoms with Crippen molar-refractivity contribution in [2.45, 2.75) is 32.8 Å². The first-order valence-electron chi connectivity index (χ1n) is 4.43. The molecule has 0 aromatic carbocycles. The smallest absolute Gasteiger partial charge is 0.168 e. The van der Waals surface area contributed by atoms with Crippen LogP contribution in [0.2, 0.25) is 0 Å². The van der Waals surface area contributed by atoms with Crippen molar-refractivity contribution >= 4 is 17.0 Å². The molecule has 1 aliphatic carbocycles. The molecular weight excluding hydrogens is 184 g/mol. The maximum Gasteiger partial charge on any atom is 0.168 e. The van der Waals surface area contributed by atoms with Gasteiger partial charge < -0.3 is 4.84 Å².